The van der Waals surface area contributed by atoms with Crippen molar-refractivity contribution >= 4 is 11.6 Å². The van der Waals surface area contributed by atoms with Gasteiger partial charge in [0.15, 0.2) is 0 Å². The average molecular weight is 306 g/mol. The molecule has 1 unspecified atom stereocenters. The molecule has 0 saturated carbocycles. The molecule has 4 heteroatoms. The van der Waals surface area contributed by atoms with E-state index in [1.54, 1.807) is 7.11 Å². The molecule has 0 spiro atoms. The Bertz CT molecular complexity index is 582. The van der Waals surface area contributed by atoms with Crippen molar-refractivity contribution in [2.75, 3.05) is 13.7 Å². The van der Waals surface area contributed by atoms with Crippen LogP contribution in [0.3, 0.4) is 0 Å². The van der Waals surface area contributed by atoms with Crippen LogP contribution in [-0.4, -0.2) is 13.7 Å². The number of methoxy groups -OCH3 is 1. The van der Waals surface area contributed by atoms with Gasteiger partial charge >= 0.3 is 0 Å². The summed E-state index contributed by atoms with van der Waals surface area (Å²) in [4.78, 5) is 0. The Morgan fingerprint density at radius 2 is 1.86 bits per heavy atom. The first-order valence-corrected chi connectivity index (χ1v) is 7.28. The molecule has 2 N–H and O–H groups in total. The van der Waals surface area contributed by atoms with Crippen molar-refractivity contribution in [2.45, 2.75) is 19.4 Å². The molecule has 2 aromatic carbocycles. The van der Waals surface area contributed by atoms with Crippen LogP contribution in [0.4, 0.5) is 0 Å². The summed E-state index contributed by atoms with van der Waals surface area (Å²) in [6, 6.07) is 13.4. The zero-order chi connectivity index (χ0) is 15.2. The van der Waals surface area contributed by atoms with Crippen molar-refractivity contribution in [1.29, 1.82) is 0 Å². The zero-order valence-corrected chi connectivity index (χ0v) is 13.1. The molecule has 0 bridgehead atoms. The molecule has 0 heterocycles. The topological polar surface area (TPSA) is 44.5 Å². The van der Waals surface area contributed by atoms with Gasteiger partial charge < -0.3 is 15.2 Å². The number of hydrogen-bond donors (Lipinski definition) is 1. The molecule has 0 aromatic heterocycles. The van der Waals surface area contributed by atoms with Gasteiger partial charge in [-0.05, 0) is 42.8 Å². The molecule has 2 rings (SSSR count). The summed E-state index contributed by atoms with van der Waals surface area (Å²) >= 11 is 6.00. The number of hydrogen-bond acceptors (Lipinski definition) is 3. The van der Waals surface area contributed by atoms with E-state index in [-0.39, 0.29) is 6.04 Å². The number of rotatable bonds is 6. The van der Waals surface area contributed by atoms with Crippen LogP contribution in [0.2, 0.25) is 5.02 Å². The lowest BCUT2D eigenvalue weighted by Gasteiger charge is -2.14. The molecule has 0 radical (unpaired) electrons. The number of ether oxygens (including phenoxy) is 2. The predicted octanol–water partition coefficient (Wildman–Crippen LogP) is 3.99. The minimum absolute atomic E-state index is 0.111. The van der Waals surface area contributed by atoms with E-state index in [9.17, 15) is 0 Å². The molecular weight excluding hydrogens is 286 g/mol. The van der Waals surface area contributed by atoms with Crippen molar-refractivity contribution in [3.63, 3.8) is 0 Å². The maximum absolute atomic E-state index is 6.00. The summed E-state index contributed by atoms with van der Waals surface area (Å²) in [6.07, 6.45) is 0.824. The Labute approximate surface area is 130 Å². The summed E-state index contributed by atoms with van der Waals surface area (Å²) in [7, 11) is 1.66. The maximum Gasteiger partial charge on any atom is 0.124 e. The third-order valence-electron chi connectivity index (χ3n) is 3.27. The first kappa shape index (κ1) is 15.7. The second kappa shape index (κ2) is 7.34. The second-order valence-electron chi connectivity index (χ2n) is 4.92. The minimum Gasteiger partial charge on any atom is -0.497 e. The fourth-order valence-corrected chi connectivity index (χ4v) is 2.26. The van der Waals surface area contributed by atoms with E-state index in [0.717, 1.165) is 23.5 Å². The van der Waals surface area contributed by atoms with E-state index < -0.39 is 0 Å². The Morgan fingerprint density at radius 1 is 1.14 bits per heavy atom. The summed E-state index contributed by atoms with van der Waals surface area (Å²) in [5.41, 5.74) is 8.07. The lowest BCUT2D eigenvalue weighted by Crippen LogP contribution is -2.09. The molecule has 0 aliphatic rings. The molecule has 0 aliphatic heterocycles. The smallest absolute Gasteiger partial charge is 0.124 e. The summed E-state index contributed by atoms with van der Waals surface area (Å²) < 4.78 is 11.0. The van der Waals surface area contributed by atoms with Gasteiger partial charge in [-0.2, -0.15) is 0 Å². The van der Waals surface area contributed by atoms with Crippen LogP contribution < -0.4 is 15.2 Å². The molecule has 1 atom stereocenters. The summed E-state index contributed by atoms with van der Waals surface area (Å²) in [6.45, 7) is 2.51. The van der Waals surface area contributed by atoms with Crippen LogP contribution >= 0.6 is 11.6 Å². The van der Waals surface area contributed by atoms with E-state index in [2.05, 4.69) is 0 Å². The van der Waals surface area contributed by atoms with Gasteiger partial charge in [0.05, 0.1) is 13.7 Å². The highest BCUT2D eigenvalue weighted by molar-refractivity contribution is 6.30. The maximum atomic E-state index is 6.00. The molecule has 21 heavy (non-hydrogen) atoms. The molecule has 2 aromatic rings. The predicted molar refractivity (Wildman–Crippen MR) is 86.2 cm³/mol. The first-order chi connectivity index (χ1) is 10.1. The van der Waals surface area contributed by atoms with Crippen LogP contribution in [0, 0.1) is 0 Å². The fourth-order valence-electron chi connectivity index (χ4n) is 2.08. The van der Waals surface area contributed by atoms with Gasteiger partial charge in [-0.1, -0.05) is 23.7 Å². The average Bonchev–Trinajstić information content (AvgIpc) is 2.49. The fraction of sp³-hybridized carbons (Fsp3) is 0.294. The van der Waals surface area contributed by atoms with Crippen LogP contribution in [0.1, 0.15) is 24.1 Å². The van der Waals surface area contributed by atoms with Crippen LogP contribution in [0.15, 0.2) is 42.5 Å². The van der Waals surface area contributed by atoms with E-state index in [1.807, 2.05) is 49.4 Å². The highest BCUT2D eigenvalue weighted by atomic mass is 35.5. The molecule has 0 amide bonds. The number of benzene rings is 2. The van der Waals surface area contributed by atoms with Gasteiger partial charge in [0.25, 0.3) is 0 Å². The lowest BCUT2D eigenvalue weighted by molar-refractivity contribution is 0.317. The third kappa shape index (κ3) is 4.38. The second-order valence-corrected chi connectivity index (χ2v) is 5.35. The zero-order valence-electron chi connectivity index (χ0n) is 12.3. The summed E-state index contributed by atoms with van der Waals surface area (Å²) in [5, 5.41) is 0.671. The van der Waals surface area contributed by atoms with E-state index in [1.165, 1.54) is 5.56 Å². The number of nitrogens with two attached hydrogens (primary N) is 1. The summed E-state index contributed by atoms with van der Waals surface area (Å²) in [5.74, 6) is 1.65. The molecule has 0 saturated heterocycles. The van der Waals surface area contributed by atoms with Crippen LogP contribution in [0.25, 0.3) is 0 Å². The lowest BCUT2D eigenvalue weighted by atomic mass is 10.1. The van der Waals surface area contributed by atoms with Gasteiger partial charge in [-0.3, -0.25) is 0 Å². The van der Waals surface area contributed by atoms with Crippen molar-refractivity contribution in [3.05, 3.63) is 58.6 Å². The Kier molecular flexibility index (Phi) is 5.48. The number of halogens is 1. The van der Waals surface area contributed by atoms with Crippen LogP contribution in [-0.2, 0) is 6.42 Å². The SMILES string of the molecule is COc1ccc(CCOc2ccc(Cl)cc2C(C)N)cc1. The van der Waals surface area contributed by atoms with Crippen LogP contribution in [0.5, 0.6) is 11.5 Å². The largest absolute Gasteiger partial charge is 0.497 e. The first-order valence-electron chi connectivity index (χ1n) is 6.91. The van der Waals surface area contributed by atoms with Gasteiger partial charge in [0.1, 0.15) is 11.5 Å². The molecule has 0 fully saturated rings. The molecule has 112 valence electrons. The van der Waals surface area contributed by atoms with Crippen molar-refractivity contribution in [3.8, 4) is 11.5 Å². The van der Waals surface area contributed by atoms with Crippen molar-refractivity contribution in [1.82, 2.24) is 0 Å². The van der Waals surface area contributed by atoms with Gasteiger partial charge in [0, 0.05) is 23.0 Å². The highest BCUT2D eigenvalue weighted by Gasteiger charge is 2.09. The van der Waals surface area contributed by atoms with Crippen molar-refractivity contribution < 1.29 is 9.47 Å². The Hall–Kier alpha value is -1.71. The van der Waals surface area contributed by atoms with Gasteiger partial charge in [0.2, 0.25) is 0 Å². The van der Waals surface area contributed by atoms with Crippen molar-refractivity contribution in [2.24, 2.45) is 5.73 Å². The third-order valence-corrected chi connectivity index (χ3v) is 3.50. The molecular formula is C17H20ClNO2. The van der Waals surface area contributed by atoms with E-state index in [4.69, 9.17) is 26.8 Å². The monoisotopic (exact) mass is 305 g/mol. The van der Waals surface area contributed by atoms with E-state index >= 15 is 0 Å². The van der Waals surface area contributed by atoms with E-state index in [0.29, 0.717) is 11.6 Å². The highest BCUT2D eigenvalue weighted by Crippen LogP contribution is 2.27. The Morgan fingerprint density at radius 3 is 2.48 bits per heavy atom. The molecule has 0 aliphatic carbocycles. The molecule has 3 nitrogen and oxygen atoms in total. The Balaban J connectivity index is 1.96. The minimum atomic E-state index is -0.111. The van der Waals surface area contributed by atoms with Gasteiger partial charge in [-0.15, -0.1) is 0 Å². The normalized spacial score (nSPS) is 12.0. The van der Waals surface area contributed by atoms with Gasteiger partial charge in [-0.25, -0.2) is 0 Å². The quantitative estimate of drug-likeness (QED) is 0.877. The standard InChI is InChI=1S/C17H20ClNO2/c1-12(19)16-11-14(18)5-8-17(16)21-10-9-13-3-6-15(20-2)7-4-13/h3-8,11-12H,9-10,19H2,1-2H3.